The van der Waals surface area contributed by atoms with Crippen LogP contribution in [-0.4, -0.2) is 15.8 Å². The van der Waals surface area contributed by atoms with Crippen molar-refractivity contribution < 1.29 is 13.6 Å². The Balaban J connectivity index is 2.50. The first-order valence-electron chi connectivity index (χ1n) is 4.59. The number of halogens is 2. The minimum absolute atomic E-state index is 0.0556. The molecule has 0 atom stereocenters. The molecule has 0 aliphatic carbocycles. The summed E-state index contributed by atoms with van der Waals surface area (Å²) in [6.07, 6.45) is 1.30. The number of aromatic nitrogens is 2. The standard InChI is InChI=1S/C11H8F2N2O/c1-6(16)11-14-5-10(15-11)8-4-7(12)2-3-9(8)13/h2-5H,1H3,(H,14,15). The van der Waals surface area contributed by atoms with Crippen LogP contribution >= 0.6 is 0 Å². The second-order valence-electron chi connectivity index (χ2n) is 3.33. The van der Waals surface area contributed by atoms with E-state index in [0.717, 1.165) is 18.2 Å². The van der Waals surface area contributed by atoms with Gasteiger partial charge in [0.1, 0.15) is 11.6 Å². The minimum Gasteiger partial charge on any atom is -0.335 e. The molecular weight excluding hydrogens is 214 g/mol. The molecule has 0 spiro atoms. The van der Waals surface area contributed by atoms with Gasteiger partial charge in [0, 0.05) is 12.5 Å². The lowest BCUT2D eigenvalue weighted by molar-refractivity contribution is 0.100. The zero-order valence-corrected chi connectivity index (χ0v) is 8.42. The molecule has 3 nitrogen and oxygen atoms in total. The summed E-state index contributed by atoms with van der Waals surface area (Å²) in [5.74, 6) is -1.25. The Kier molecular flexibility index (Phi) is 2.52. The molecule has 0 radical (unpaired) electrons. The van der Waals surface area contributed by atoms with Gasteiger partial charge >= 0.3 is 0 Å². The molecule has 0 saturated carbocycles. The van der Waals surface area contributed by atoms with Gasteiger partial charge in [0.05, 0.1) is 11.9 Å². The number of Topliss-reactive ketones (excluding diaryl/α,β-unsaturated/α-hetero) is 1. The third kappa shape index (κ3) is 1.84. The van der Waals surface area contributed by atoms with Crippen LogP contribution < -0.4 is 0 Å². The Morgan fingerprint density at radius 1 is 1.38 bits per heavy atom. The second kappa shape index (κ2) is 3.84. The molecule has 0 aliphatic rings. The largest absolute Gasteiger partial charge is 0.335 e. The van der Waals surface area contributed by atoms with E-state index in [1.807, 2.05) is 0 Å². The average molecular weight is 222 g/mol. The summed E-state index contributed by atoms with van der Waals surface area (Å²) in [5, 5.41) is 0. The summed E-state index contributed by atoms with van der Waals surface area (Å²) in [6, 6.07) is 3.10. The van der Waals surface area contributed by atoms with Crippen LogP contribution in [0, 0.1) is 11.6 Å². The highest BCUT2D eigenvalue weighted by Crippen LogP contribution is 2.21. The zero-order valence-electron chi connectivity index (χ0n) is 8.42. The predicted molar refractivity (Wildman–Crippen MR) is 53.9 cm³/mol. The summed E-state index contributed by atoms with van der Waals surface area (Å²) >= 11 is 0. The number of aromatic amines is 1. The molecule has 16 heavy (non-hydrogen) atoms. The third-order valence-corrected chi connectivity index (χ3v) is 2.13. The van der Waals surface area contributed by atoms with Crippen molar-refractivity contribution >= 4 is 5.78 Å². The van der Waals surface area contributed by atoms with E-state index in [9.17, 15) is 13.6 Å². The van der Waals surface area contributed by atoms with Crippen molar-refractivity contribution in [1.82, 2.24) is 9.97 Å². The molecule has 2 aromatic rings. The van der Waals surface area contributed by atoms with Crippen molar-refractivity contribution in [2.24, 2.45) is 0 Å². The number of hydrogen-bond acceptors (Lipinski definition) is 2. The molecule has 0 bridgehead atoms. The fourth-order valence-corrected chi connectivity index (χ4v) is 1.34. The number of imidazole rings is 1. The van der Waals surface area contributed by atoms with E-state index in [1.165, 1.54) is 13.1 Å². The van der Waals surface area contributed by atoms with Crippen molar-refractivity contribution in [3.05, 3.63) is 41.9 Å². The first-order chi connectivity index (χ1) is 7.58. The maximum absolute atomic E-state index is 13.4. The van der Waals surface area contributed by atoms with E-state index in [0.29, 0.717) is 0 Å². The molecular formula is C11H8F2N2O. The molecule has 5 heteroatoms. The molecule has 1 aromatic heterocycles. The van der Waals surface area contributed by atoms with E-state index >= 15 is 0 Å². The van der Waals surface area contributed by atoms with Gasteiger partial charge in [0.2, 0.25) is 0 Å². The fourth-order valence-electron chi connectivity index (χ4n) is 1.34. The number of nitrogens with zero attached hydrogens (tertiary/aromatic N) is 1. The number of rotatable bonds is 2. The van der Waals surface area contributed by atoms with E-state index in [1.54, 1.807) is 0 Å². The van der Waals surface area contributed by atoms with Gasteiger partial charge in [-0.05, 0) is 18.2 Å². The third-order valence-electron chi connectivity index (χ3n) is 2.13. The van der Waals surface area contributed by atoms with E-state index in [4.69, 9.17) is 0 Å². The number of nitrogens with one attached hydrogen (secondary N) is 1. The monoisotopic (exact) mass is 222 g/mol. The molecule has 2 rings (SSSR count). The summed E-state index contributed by atoms with van der Waals surface area (Å²) in [6.45, 7) is 1.34. The highest BCUT2D eigenvalue weighted by Gasteiger charge is 2.11. The summed E-state index contributed by atoms with van der Waals surface area (Å²) in [4.78, 5) is 17.4. The number of hydrogen-bond donors (Lipinski definition) is 1. The van der Waals surface area contributed by atoms with Crippen molar-refractivity contribution in [1.29, 1.82) is 0 Å². The van der Waals surface area contributed by atoms with Gasteiger partial charge in [-0.3, -0.25) is 4.79 Å². The van der Waals surface area contributed by atoms with Crippen LogP contribution in [0.1, 0.15) is 17.5 Å². The highest BCUT2D eigenvalue weighted by atomic mass is 19.1. The number of H-pyrrole nitrogens is 1. The van der Waals surface area contributed by atoms with E-state index < -0.39 is 11.6 Å². The van der Waals surface area contributed by atoms with Crippen LogP contribution in [0.5, 0.6) is 0 Å². The second-order valence-corrected chi connectivity index (χ2v) is 3.33. The van der Waals surface area contributed by atoms with Crippen molar-refractivity contribution in [3.8, 4) is 11.3 Å². The topological polar surface area (TPSA) is 45.8 Å². The van der Waals surface area contributed by atoms with Crippen molar-refractivity contribution in [2.45, 2.75) is 6.92 Å². The van der Waals surface area contributed by atoms with Gasteiger partial charge in [0.15, 0.2) is 11.6 Å². The van der Waals surface area contributed by atoms with Gasteiger partial charge in [-0.2, -0.15) is 0 Å². The number of carbonyl (C=O) groups excluding carboxylic acids is 1. The maximum atomic E-state index is 13.4. The number of carbonyl (C=O) groups is 1. The number of ketones is 1. The Labute approximate surface area is 90.1 Å². The van der Waals surface area contributed by atoms with E-state index in [2.05, 4.69) is 9.97 Å². The Morgan fingerprint density at radius 3 is 2.75 bits per heavy atom. The first kappa shape index (κ1) is 10.5. The highest BCUT2D eigenvalue weighted by molar-refractivity contribution is 5.91. The first-order valence-corrected chi connectivity index (χ1v) is 4.59. The van der Waals surface area contributed by atoms with Gasteiger partial charge in [-0.25, -0.2) is 13.8 Å². The van der Waals surface area contributed by atoms with Crippen LogP contribution in [0.25, 0.3) is 11.3 Å². The van der Waals surface area contributed by atoms with Crippen LogP contribution in [0.15, 0.2) is 24.4 Å². The van der Waals surface area contributed by atoms with Crippen LogP contribution in [0.3, 0.4) is 0 Å². The van der Waals surface area contributed by atoms with Crippen LogP contribution in [0.4, 0.5) is 8.78 Å². The minimum atomic E-state index is -0.569. The molecule has 0 fully saturated rings. The molecule has 0 saturated heterocycles. The van der Waals surface area contributed by atoms with Gasteiger partial charge < -0.3 is 4.98 Å². The lowest BCUT2D eigenvalue weighted by atomic mass is 10.1. The maximum Gasteiger partial charge on any atom is 0.194 e. The SMILES string of the molecule is CC(=O)c1ncc(-c2cc(F)ccc2F)[nH]1. The Bertz CT molecular complexity index is 549. The average Bonchev–Trinajstić information content (AvgIpc) is 2.70. The lowest BCUT2D eigenvalue weighted by Gasteiger charge is -1.99. The molecule has 0 unspecified atom stereocenters. The number of benzene rings is 1. The Hall–Kier alpha value is -2.04. The predicted octanol–water partition coefficient (Wildman–Crippen LogP) is 2.56. The van der Waals surface area contributed by atoms with Crippen molar-refractivity contribution in [2.75, 3.05) is 0 Å². The summed E-state index contributed by atoms with van der Waals surface area (Å²) < 4.78 is 26.3. The van der Waals surface area contributed by atoms with Crippen LogP contribution in [0.2, 0.25) is 0 Å². The molecule has 0 aliphatic heterocycles. The normalized spacial score (nSPS) is 10.4. The summed E-state index contributed by atoms with van der Waals surface area (Å²) in [5.41, 5.74) is 0.335. The fraction of sp³-hybridized carbons (Fsp3) is 0.0909. The van der Waals surface area contributed by atoms with Gasteiger partial charge in [0.25, 0.3) is 0 Å². The smallest absolute Gasteiger partial charge is 0.194 e. The molecule has 0 amide bonds. The Morgan fingerprint density at radius 2 is 2.12 bits per heavy atom. The lowest BCUT2D eigenvalue weighted by Crippen LogP contribution is -1.94. The quantitative estimate of drug-likeness (QED) is 0.793. The van der Waals surface area contributed by atoms with Gasteiger partial charge in [-0.1, -0.05) is 0 Å². The van der Waals surface area contributed by atoms with Crippen LogP contribution in [-0.2, 0) is 0 Å². The van der Waals surface area contributed by atoms with E-state index in [-0.39, 0.29) is 22.9 Å². The van der Waals surface area contributed by atoms with Crippen molar-refractivity contribution in [3.63, 3.8) is 0 Å². The zero-order chi connectivity index (χ0) is 11.7. The molecule has 1 heterocycles. The molecule has 82 valence electrons. The molecule has 1 N–H and O–H groups in total. The summed E-state index contributed by atoms with van der Waals surface area (Å²) in [7, 11) is 0. The van der Waals surface area contributed by atoms with Gasteiger partial charge in [-0.15, -0.1) is 0 Å². The molecule has 1 aromatic carbocycles.